The first-order valence-corrected chi connectivity index (χ1v) is 9.79. The normalized spacial score (nSPS) is 19.5. The third kappa shape index (κ3) is 4.42. The Kier molecular flexibility index (Phi) is 5.58. The third-order valence-corrected chi connectivity index (χ3v) is 5.34. The van der Waals surface area contributed by atoms with Crippen molar-refractivity contribution in [2.45, 2.75) is 44.8 Å². The van der Waals surface area contributed by atoms with Crippen molar-refractivity contribution in [1.82, 2.24) is 10.9 Å². The molecule has 1 fully saturated rings. The van der Waals surface area contributed by atoms with E-state index in [4.69, 9.17) is 9.47 Å². The van der Waals surface area contributed by atoms with E-state index in [9.17, 15) is 4.79 Å². The van der Waals surface area contributed by atoms with Crippen LogP contribution in [0.25, 0.3) is 0 Å². The smallest absolute Gasteiger partial charge is 0.237 e. The van der Waals surface area contributed by atoms with E-state index in [0.29, 0.717) is 13.2 Å². The lowest BCUT2D eigenvalue weighted by atomic mass is 9.89. The molecule has 27 heavy (non-hydrogen) atoms. The van der Waals surface area contributed by atoms with Gasteiger partial charge in [-0.15, -0.1) is 0 Å². The molecule has 0 spiro atoms. The van der Waals surface area contributed by atoms with E-state index in [1.54, 1.807) is 0 Å². The maximum Gasteiger partial charge on any atom is 0.237 e. The summed E-state index contributed by atoms with van der Waals surface area (Å²) in [6.07, 6.45) is 5.50. The molecule has 0 aromatic heterocycles. The monoisotopic (exact) mass is 366 g/mol. The molecule has 2 aromatic rings. The van der Waals surface area contributed by atoms with Crippen molar-refractivity contribution < 1.29 is 14.3 Å². The van der Waals surface area contributed by atoms with Gasteiger partial charge in [-0.2, -0.15) is 0 Å². The van der Waals surface area contributed by atoms with Gasteiger partial charge >= 0.3 is 0 Å². The molecule has 4 rings (SSSR count). The maximum absolute atomic E-state index is 12.1. The maximum atomic E-state index is 12.1. The average Bonchev–Trinajstić information content (AvgIpc) is 2.74. The van der Waals surface area contributed by atoms with Crippen molar-refractivity contribution in [3.05, 3.63) is 59.7 Å². The molecule has 2 N–H and O–H groups in total. The Balaban J connectivity index is 1.27. The molecule has 0 bridgehead atoms. The summed E-state index contributed by atoms with van der Waals surface area (Å²) in [5.74, 6) is 1.87. The lowest BCUT2D eigenvalue weighted by Gasteiger charge is -2.26. The summed E-state index contributed by atoms with van der Waals surface area (Å²) in [6, 6.07) is 16.0. The largest absolute Gasteiger partial charge is 0.485 e. The van der Waals surface area contributed by atoms with Gasteiger partial charge in [-0.3, -0.25) is 10.2 Å². The lowest BCUT2D eigenvalue weighted by Crippen LogP contribution is -2.41. The van der Waals surface area contributed by atoms with Gasteiger partial charge in [-0.05, 0) is 36.1 Å². The van der Waals surface area contributed by atoms with Gasteiger partial charge in [0, 0.05) is 12.5 Å². The zero-order chi connectivity index (χ0) is 18.5. The second-order valence-electron chi connectivity index (χ2n) is 7.28. The summed E-state index contributed by atoms with van der Waals surface area (Å²) in [5.41, 5.74) is 8.11. The first kappa shape index (κ1) is 17.9. The molecule has 2 aromatic carbocycles. The number of hydrazine groups is 1. The number of nitrogens with one attached hydrogen (secondary N) is 2. The fourth-order valence-electron chi connectivity index (χ4n) is 3.73. The first-order valence-electron chi connectivity index (χ1n) is 9.79. The summed E-state index contributed by atoms with van der Waals surface area (Å²) in [7, 11) is 0. The number of benzene rings is 2. The van der Waals surface area contributed by atoms with Crippen molar-refractivity contribution in [3.8, 4) is 11.5 Å². The van der Waals surface area contributed by atoms with Crippen LogP contribution in [0.2, 0.25) is 0 Å². The number of amides is 1. The minimum absolute atomic E-state index is 0.104. The predicted octanol–water partition coefficient (Wildman–Crippen LogP) is 3.90. The predicted molar refractivity (Wildman–Crippen MR) is 103 cm³/mol. The summed E-state index contributed by atoms with van der Waals surface area (Å²) in [4.78, 5) is 12.1. The number of carbonyl (C=O) groups excluding carboxylic acids is 1. The molecule has 1 amide bonds. The van der Waals surface area contributed by atoms with Crippen LogP contribution >= 0.6 is 0 Å². The molecule has 0 unspecified atom stereocenters. The van der Waals surface area contributed by atoms with Gasteiger partial charge in [0.05, 0.1) is 0 Å². The lowest BCUT2D eigenvalue weighted by molar-refractivity contribution is -0.127. The van der Waals surface area contributed by atoms with Gasteiger partial charge in [0.1, 0.15) is 6.61 Å². The topological polar surface area (TPSA) is 59.6 Å². The van der Waals surface area contributed by atoms with Crippen molar-refractivity contribution >= 4 is 5.91 Å². The minimum atomic E-state index is -0.104. The number of hydrogen-bond donors (Lipinski definition) is 2. The molecule has 5 heteroatoms. The molecule has 0 radical (unpaired) electrons. The van der Waals surface area contributed by atoms with Crippen LogP contribution in [0, 0.1) is 5.92 Å². The minimum Gasteiger partial charge on any atom is -0.485 e. The third-order valence-electron chi connectivity index (χ3n) is 5.34. The van der Waals surface area contributed by atoms with E-state index in [1.165, 1.54) is 6.42 Å². The Hall–Kier alpha value is -2.53. The standard InChI is InChI=1S/C22H26N2O3/c25-22(18-6-2-1-3-7-18)24-23-14-16-10-12-17(13-11-16)21-15-26-19-8-4-5-9-20(19)27-21/h4-5,8-13,18,21,23H,1-3,6-7,14-15H2,(H,24,25)/t21-/m1/s1. The van der Waals surface area contributed by atoms with E-state index < -0.39 is 0 Å². The van der Waals surface area contributed by atoms with Crippen molar-refractivity contribution in [3.63, 3.8) is 0 Å². The number of rotatable bonds is 5. The highest BCUT2D eigenvalue weighted by atomic mass is 16.6. The number of hydrogen-bond acceptors (Lipinski definition) is 4. The van der Waals surface area contributed by atoms with Crippen LogP contribution in [-0.4, -0.2) is 12.5 Å². The van der Waals surface area contributed by atoms with Crippen molar-refractivity contribution in [2.24, 2.45) is 5.92 Å². The summed E-state index contributed by atoms with van der Waals surface area (Å²) >= 11 is 0. The Labute approximate surface area is 160 Å². The highest BCUT2D eigenvalue weighted by Gasteiger charge is 2.22. The van der Waals surface area contributed by atoms with Crippen LogP contribution in [-0.2, 0) is 11.3 Å². The molecule has 1 aliphatic heterocycles. The van der Waals surface area contributed by atoms with Gasteiger partial charge in [0.15, 0.2) is 17.6 Å². The van der Waals surface area contributed by atoms with Crippen molar-refractivity contribution in [2.75, 3.05) is 6.61 Å². The van der Waals surface area contributed by atoms with Crippen LogP contribution in [0.1, 0.15) is 49.3 Å². The molecule has 2 aliphatic rings. The zero-order valence-corrected chi connectivity index (χ0v) is 15.4. The van der Waals surface area contributed by atoms with Crippen molar-refractivity contribution in [1.29, 1.82) is 0 Å². The number of ether oxygens (including phenoxy) is 2. The van der Waals surface area contributed by atoms with Crippen LogP contribution < -0.4 is 20.3 Å². The molecule has 0 saturated heterocycles. The Morgan fingerprint density at radius 2 is 1.70 bits per heavy atom. The van der Waals surface area contributed by atoms with E-state index >= 15 is 0 Å². The molecule has 142 valence electrons. The van der Waals surface area contributed by atoms with Crippen LogP contribution in [0.3, 0.4) is 0 Å². The van der Waals surface area contributed by atoms with E-state index in [-0.39, 0.29) is 17.9 Å². The summed E-state index contributed by atoms with van der Waals surface area (Å²) in [6.45, 7) is 1.11. The fraction of sp³-hybridized carbons (Fsp3) is 0.409. The van der Waals surface area contributed by atoms with Gasteiger partial charge in [0.2, 0.25) is 5.91 Å². The summed E-state index contributed by atoms with van der Waals surface area (Å²) in [5, 5.41) is 0. The van der Waals surface area contributed by atoms with E-state index in [1.807, 2.05) is 24.3 Å². The molecule has 1 atom stereocenters. The average molecular weight is 366 g/mol. The van der Waals surface area contributed by atoms with E-state index in [2.05, 4.69) is 35.1 Å². The first-order chi connectivity index (χ1) is 13.3. The zero-order valence-electron chi connectivity index (χ0n) is 15.4. The Bertz CT molecular complexity index is 769. The Morgan fingerprint density at radius 1 is 0.963 bits per heavy atom. The van der Waals surface area contributed by atoms with Gasteiger partial charge < -0.3 is 9.47 Å². The number of carbonyl (C=O) groups is 1. The molecule has 1 saturated carbocycles. The molecular formula is C22H26N2O3. The molecular weight excluding hydrogens is 340 g/mol. The number of para-hydroxylation sites is 2. The highest BCUT2D eigenvalue weighted by molar-refractivity contribution is 5.78. The quantitative estimate of drug-likeness (QED) is 0.788. The molecule has 1 aliphatic carbocycles. The van der Waals surface area contributed by atoms with E-state index in [0.717, 1.165) is 48.3 Å². The van der Waals surface area contributed by atoms with Crippen LogP contribution in [0.4, 0.5) is 0 Å². The Morgan fingerprint density at radius 3 is 2.48 bits per heavy atom. The SMILES string of the molecule is O=C(NNCc1ccc([C@H]2COc3ccccc3O2)cc1)C1CCCCC1. The van der Waals surface area contributed by atoms with Crippen LogP contribution in [0.5, 0.6) is 11.5 Å². The van der Waals surface area contributed by atoms with Crippen LogP contribution in [0.15, 0.2) is 48.5 Å². The highest BCUT2D eigenvalue weighted by Crippen LogP contribution is 2.35. The summed E-state index contributed by atoms with van der Waals surface area (Å²) < 4.78 is 11.8. The second-order valence-corrected chi connectivity index (χ2v) is 7.28. The second kappa shape index (κ2) is 8.44. The van der Waals surface area contributed by atoms with Gasteiger partial charge in [-0.1, -0.05) is 55.7 Å². The van der Waals surface area contributed by atoms with Gasteiger partial charge in [-0.25, -0.2) is 5.43 Å². The molecule has 1 heterocycles. The number of fused-ring (bicyclic) bond motifs is 1. The molecule has 5 nitrogen and oxygen atoms in total. The van der Waals surface area contributed by atoms with Gasteiger partial charge in [0.25, 0.3) is 0 Å². The fourth-order valence-corrected chi connectivity index (χ4v) is 3.73.